The fraction of sp³-hybridized carbons (Fsp3) is 0.500. The van der Waals surface area contributed by atoms with Crippen LogP contribution in [0.3, 0.4) is 0 Å². The summed E-state index contributed by atoms with van der Waals surface area (Å²) in [7, 11) is 3.75. The average molecular weight is 521 g/mol. The first-order valence-corrected chi connectivity index (χ1v) is 13.2. The molecule has 0 saturated carbocycles. The summed E-state index contributed by atoms with van der Waals surface area (Å²) < 4.78 is 17.2. The third kappa shape index (κ3) is 7.96. The zero-order valence-corrected chi connectivity index (χ0v) is 23.5. The first-order chi connectivity index (χ1) is 18.1. The molecular formula is C30H40N4O4. The van der Waals surface area contributed by atoms with Crippen molar-refractivity contribution in [3.8, 4) is 11.8 Å². The van der Waals surface area contributed by atoms with Gasteiger partial charge in [-0.1, -0.05) is 17.3 Å². The van der Waals surface area contributed by atoms with Gasteiger partial charge >= 0.3 is 6.09 Å². The number of likely N-dealkylation sites (tertiary alicyclic amines) is 1. The molecule has 4 rings (SSSR count). The zero-order valence-electron chi connectivity index (χ0n) is 23.5. The van der Waals surface area contributed by atoms with Gasteiger partial charge in [-0.05, 0) is 103 Å². The topological polar surface area (TPSA) is 101 Å². The first kappa shape index (κ1) is 29.0. The van der Waals surface area contributed by atoms with Crippen LogP contribution in [0, 0.1) is 24.2 Å². The summed E-state index contributed by atoms with van der Waals surface area (Å²) in [6, 6.07) is 13.5. The van der Waals surface area contributed by atoms with Crippen molar-refractivity contribution in [3.05, 3.63) is 58.8 Å². The van der Waals surface area contributed by atoms with E-state index in [2.05, 4.69) is 16.5 Å². The number of carbonyl (C=O) groups is 1. The van der Waals surface area contributed by atoms with Gasteiger partial charge in [-0.3, -0.25) is 0 Å². The van der Waals surface area contributed by atoms with Gasteiger partial charge in [-0.2, -0.15) is 5.26 Å². The van der Waals surface area contributed by atoms with Gasteiger partial charge in [0.25, 0.3) is 0 Å². The van der Waals surface area contributed by atoms with E-state index in [1.54, 1.807) is 12.1 Å². The van der Waals surface area contributed by atoms with Gasteiger partial charge in [-0.25, -0.2) is 4.79 Å². The summed E-state index contributed by atoms with van der Waals surface area (Å²) in [5, 5.41) is 17.1. The number of piperidine rings is 1. The van der Waals surface area contributed by atoms with Crippen molar-refractivity contribution in [1.82, 2.24) is 15.4 Å². The van der Waals surface area contributed by atoms with Crippen molar-refractivity contribution in [1.29, 1.82) is 5.26 Å². The molecule has 8 heteroatoms. The van der Waals surface area contributed by atoms with Gasteiger partial charge < -0.3 is 24.2 Å². The van der Waals surface area contributed by atoms with E-state index in [1.807, 2.05) is 71.0 Å². The summed E-state index contributed by atoms with van der Waals surface area (Å²) in [6.07, 6.45) is 3.59. The molecule has 38 heavy (non-hydrogen) atoms. The number of aryl methyl sites for hydroxylation is 2. The third-order valence-corrected chi connectivity index (χ3v) is 6.45. The van der Waals surface area contributed by atoms with E-state index in [0.29, 0.717) is 18.1 Å². The second kappa shape index (κ2) is 13.3. The number of hydrogen-bond acceptors (Lipinski definition) is 7. The molecule has 2 aromatic carbocycles. The fourth-order valence-electron chi connectivity index (χ4n) is 4.41. The number of aromatic nitrogens is 1. The molecule has 1 aliphatic heterocycles. The van der Waals surface area contributed by atoms with Crippen molar-refractivity contribution in [3.63, 3.8) is 0 Å². The van der Waals surface area contributed by atoms with Gasteiger partial charge in [0, 0.05) is 24.0 Å². The monoisotopic (exact) mass is 520 g/mol. The molecule has 2 heterocycles. The van der Waals surface area contributed by atoms with E-state index in [9.17, 15) is 4.79 Å². The highest BCUT2D eigenvalue weighted by Crippen LogP contribution is 2.32. The normalized spacial score (nSPS) is 14.0. The Kier molecular flexibility index (Phi) is 10.1. The molecule has 3 aromatic rings. The highest BCUT2D eigenvalue weighted by molar-refractivity contribution is 5.84. The van der Waals surface area contributed by atoms with E-state index in [-0.39, 0.29) is 6.09 Å². The molecule has 1 aliphatic rings. The van der Waals surface area contributed by atoms with Crippen molar-refractivity contribution < 1.29 is 18.8 Å². The number of carbonyl (C=O) groups excluding carboxylic acids is 1. The molecule has 0 spiro atoms. The Hall–Kier alpha value is -3.57. The third-order valence-electron chi connectivity index (χ3n) is 6.45. The van der Waals surface area contributed by atoms with E-state index >= 15 is 0 Å². The Morgan fingerprint density at radius 1 is 1.16 bits per heavy atom. The molecule has 1 N–H and O–H groups in total. The lowest BCUT2D eigenvalue weighted by Crippen LogP contribution is -2.41. The fourth-order valence-corrected chi connectivity index (χ4v) is 4.41. The lowest BCUT2D eigenvalue weighted by molar-refractivity contribution is 0.0181. The maximum Gasteiger partial charge on any atom is 0.410 e. The van der Waals surface area contributed by atoms with Crippen LogP contribution in [0.1, 0.15) is 62.4 Å². The molecule has 1 aromatic heterocycles. The van der Waals surface area contributed by atoms with Crippen LogP contribution < -0.4 is 10.1 Å². The summed E-state index contributed by atoms with van der Waals surface area (Å²) >= 11 is 0. The highest BCUT2D eigenvalue weighted by Gasteiger charge is 2.27. The number of nitrogens with zero attached hydrogens (tertiary/aromatic N) is 3. The standard InChI is InChI=1S/C28H33N3O4.C2H7N/c1-19-25(33-18-22-7-5-21(17-29)6-8-22)12-10-23-24(30-35-26(19)23)11-9-20-13-15-31(16-14-20)27(32)34-28(2,3)4;1-3-2/h5-8,10,12,20H,9,11,13-16,18H2,1-4H3;3H,1-2H3. The van der Waals surface area contributed by atoms with Crippen LogP contribution in [-0.2, 0) is 17.8 Å². The molecule has 204 valence electrons. The quantitative estimate of drug-likeness (QED) is 0.425. The van der Waals surface area contributed by atoms with Crippen LogP contribution in [0.4, 0.5) is 4.79 Å². The summed E-state index contributed by atoms with van der Waals surface area (Å²) in [5.41, 5.74) is 3.83. The average Bonchev–Trinajstić information content (AvgIpc) is 3.31. The van der Waals surface area contributed by atoms with Gasteiger partial charge in [0.15, 0.2) is 5.58 Å². The Morgan fingerprint density at radius 2 is 1.82 bits per heavy atom. The van der Waals surface area contributed by atoms with Crippen molar-refractivity contribution in [2.24, 2.45) is 5.92 Å². The molecule has 0 unspecified atom stereocenters. The maximum atomic E-state index is 12.3. The van der Waals surface area contributed by atoms with E-state index in [1.165, 1.54) is 0 Å². The summed E-state index contributed by atoms with van der Waals surface area (Å²) in [4.78, 5) is 14.1. The number of nitrogens with one attached hydrogen (secondary N) is 1. The van der Waals surface area contributed by atoms with E-state index in [0.717, 1.165) is 72.3 Å². The molecule has 0 radical (unpaired) electrons. The van der Waals surface area contributed by atoms with E-state index in [4.69, 9.17) is 19.3 Å². The van der Waals surface area contributed by atoms with Crippen molar-refractivity contribution >= 4 is 17.1 Å². The predicted octanol–water partition coefficient (Wildman–Crippen LogP) is 6.00. The number of fused-ring (bicyclic) bond motifs is 1. The number of benzene rings is 2. The zero-order chi connectivity index (χ0) is 27.7. The second-order valence-electron chi connectivity index (χ2n) is 10.7. The van der Waals surface area contributed by atoms with Gasteiger partial charge in [0.05, 0.1) is 17.3 Å². The SMILES string of the molecule is CNC.Cc1c(OCc2ccc(C#N)cc2)ccc2c(CCC3CCN(C(=O)OC(C)(C)C)CC3)noc12. The van der Waals surface area contributed by atoms with E-state index < -0.39 is 5.60 Å². The molecule has 0 bridgehead atoms. The molecule has 1 amide bonds. The smallest absolute Gasteiger partial charge is 0.410 e. The highest BCUT2D eigenvalue weighted by atomic mass is 16.6. The number of rotatable bonds is 6. The minimum atomic E-state index is -0.464. The van der Waals surface area contributed by atoms with Crippen LogP contribution >= 0.6 is 0 Å². The van der Waals surface area contributed by atoms with Crippen molar-refractivity contribution in [2.45, 2.75) is 65.6 Å². The molecule has 8 nitrogen and oxygen atoms in total. The summed E-state index contributed by atoms with van der Waals surface area (Å²) in [5.74, 6) is 1.32. The van der Waals surface area contributed by atoms with Crippen LogP contribution in [0.25, 0.3) is 11.0 Å². The largest absolute Gasteiger partial charge is 0.488 e. The molecule has 1 fully saturated rings. The number of ether oxygens (including phenoxy) is 2. The molecule has 1 saturated heterocycles. The Morgan fingerprint density at radius 3 is 2.42 bits per heavy atom. The minimum Gasteiger partial charge on any atom is -0.488 e. The molecular weight excluding hydrogens is 480 g/mol. The van der Waals surface area contributed by atoms with Crippen LogP contribution in [0.2, 0.25) is 0 Å². The minimum absolute atomic E-state index is 0.217. The van der Waals surface area contributed by atoms with Gasteiger partial charge in [0.1, 0.15) is 18.0 Å². The number of nitriles is 1. The first-order valence-electron chi connectivity index (χ1n) is 13.2. The predicted molar refractivity (Wildman–Crippen MR) is 148 cm³/mol. The molecule has 0 aliphatic carbocycles. The Bertz CT molecular complexity index is 1230. The van der Waals surface area contributed by atoms with Crippen molar-refractivity contribution in [2.75, 3.05) is 27.2 Å². The second-order valence-corrected chi connectivity index (χ2v) is 10.7. The number of hydrogen-bond donors (Lipinski definition) is 1. The van der Waals surface area contributed by atoms with Crippen LogP contribution in [-0.4, -0.2) is 48.9 Å². The lowest BCUT2D eigenvalue weighted by atomic mass is 9.91. The van der Waals surface area contributed by atoms with Crippen LogP contribution in [0.5, 0.6) is 5.75 Å². The molecule has 0 atom stereocenters. The van der Waals surface area contributed by atoms with Crippen LogP contribution in [0.15, 0.2) is 40.9 Å². The van der Waals surface area contributed by atoms with Gasteiger partial charge in [0.2, 0.25) is 0 Å². The number of amides is 1. The van der Waals surface area contributed by atoms with Gasteiger partial charge in [-0.15, -0.1) is 0 Å². The lowest BCUT2D eigenvalue weighted by Gasteiger charge is -2.33. The summed E-state index contributed by atoms with van der Waals surface area (Å²) in [6.45, 7) is 9.55. The Labute approximate surface area is 225 Å². The Balaban J connectivity index is 0.00000127. The maximum absolute atomic E-state index is 12.3.